The number of hydrogen-bond acceptors (Lipinski definition) is 5. The van der Waals surface area contributed by atoms with E-state index in [-0.39, 0.29) is 0 Å². The average Bonchev–Trinajstić information content (AvgIpc) is 2.35. The summed E-state index contributed by atoms with van der Waals surface area (Å²) in [5.41, 5.74) is 6.49. The number of hydrogen-bond donors (Lipinski definition) is 4. The number of nitrogens with one attached hydrogen (secondary N) is 1. The lowest BCUT2D eigenvalue weighted by Crippen LogP contribution is -2.23. The maximum atomic E-state index is 10.0. The van der Waals surface area contributed by atoms with Gasteiger partial charge in [-0.3, -0.25) is 0 Å². The Bertz CT molecular complexity index is 401. The summed E-state index contributed by atoms with van der Waals surface area (Å²) in [6, 6.07) is 3.05. The van der Waals surface area contributed by atoms with Crippen LogP contribution in [0.3, 0.4) is 0 Å². The third-order valence-corrected chi connectivity index (χ3v) is 3.05. The van der Waals surface area contributed by atoms with Crippen molar-refractivity contribution in [2.45, 2.75) is 18.6 Å². The Morgan fingerprint density at radius 2 is 2.11 bits per heavy atom. The molecule has 0 aliphatic carbocycles. The van der Waals surface area contributed by atoms with Gasteiger partial charge in [0.05, 0.1) is 18.9 Å². The summed E-state index contributed by atoms with van der Waals surface area (Å²) in [5.74, 6) is 0.425. The lowest BCUT2D eigenvalue weighted by molar-refractivity contribution is 0.0140. The van der Waals surface area contributed by atoms with Crippen LogP contribution in [-0.4, -0.2) is 37.0 Å². The van der Waals surface area contributed by atoms with E-state index in [1.54, 1.807) is 13.1 Å². The van der Waals surface area contributed by atoms with Crippen molar-refractivity contribution >= 4 is 17.3 Å². The first kappa shape index (κ1) is 15.0. The molecule has 1 aromatic rings. The minimum Gasteiger partial charge on any atom is -0.495 e. The Labute approximate surface area is 112 Å². The molecule has 0 amide bonds. The van der Waals surface area contributed by atoms with E-state index in [0.29, 0.717) is 35.0 Å². The van der Waals surface area contributed by atoms with E-state index in [1.165, 1.54) is 13.2 Å². The minimum atomic E-state index is -1.07. The highest BCUT2D eigenvalue weighted by molar-refractivity contribution is 6.31. The van der Waals surface area contributed by atoms with Gasteiger partial charge in [-0.2, -0.15) is 0 Å². The van der Waals surface area contributed by atoms with Crippen molar-refractivity contribution in [3.63, 3.8) is 0 Å². The molecule has 1 aromatic carbocycles. The zero-order valence-electron chi connectivity index (χ0n) is 10.5. The van der Waals surface area contributed by atoms with E-state index < -0.39 is 12.2 Å². The maximum absolute atomic E-state index is 10.0. The Balaban J connectivity index is 2.94. The van der Waals surface area contributed by atoms with Crippen LogP contribution >= 0.6 is 11.6 Å². The van der Waals surface area contributed by atoms with Crippen LogP contribution in [0, 0.1) is 0 Å². The van der Waals surface area contributed by atoms with Crippen LogP contribution in [0.25, 0.3) is 0 Å². The molecule has 0 aliphatic heterocycles. The first-order chi connectivity index (χ1) is 8.51. The van der Waals surface area contributed by atoms with Gasteiger partial charge in [-0.15, -0.1) is 0 Å². The van der Waals surface area contributed by atoms with Gasteiger partial charge in [-0.25, -0.2) is 0 Å². The molecule has 5 N–H and O–H groups in total. The summed E-state index contributed by atoms with van der Waals surface area (Å²) in [5, 5.41) is 23.1. The van der Waals surface area contributed by atoms with E-state index in [1.807, 2.05) is 0 Å². The fourth-order valence-electron chi connectivity index (χ4n) is 1.65. The van der Waals surface area contributed by atoms with Crippen LogP contribution in [0.5, 0.6) is 5.75 Å². The topological polar surface area (TPSA) is 87.7 Å². The van der Waals surface area contributed by atoms with Crippen molar-refractivity contribution in [1.29, 1.82) is 0 Å². The summed E-state index contributed by atoms with van der Waals surface area (Å²) < 4.78 is 5.06. The Morgan fingerprint density at radius 3 is 2.67 bits per heavy atom. The van der Waals surface area contributed by atoms with Gasteiger partial charge in [0.15, 0.2) is 0 Å². The fraction of sp³-hybridized carbons (Fsp3) is 0.500. The molecule has 2 atom stereocenters. The number of anilines is 1. The number of ether oxygens (including phenoxy) is 1. The van der Waals surface area contributed by atoms with E-state index in [9.17, 15) is 10.2 Å². The zero-order valence-corrected chi connectivity index (χ0v) is 11.2. The summed E-state index contributed by atoms with van der Waals surface area (Å²) in [6.45, 7) is 0.599. The number of methoxy groups -OCH3 is 1. The molecule has 0 radical (unpaired) electrons. The first-order valence-electron chi connectivity index (χ1n) is 5.64. The van der Waals surface area contributed by atoms with Gasteiger partial charge in [0.2, 0.25) is 0 Å². The predicted molar refractivity (Wildman–Crippen MR) is 71.9 cm³/mol. The highest BCUT2D eigenvalue weighted by Crippen LogP contribution is 2.34. The summed E-state index contributed by atoms with van der Waals surface area (Å²) in [4.78, 5) is 0. The highest BCUT2D eigenvalue weighted by atomic mass is 35.5. The molecular formula is C12H19ClN2O3. The van der Waals surface area contributed by atoms with Gasteiger partial charge in [-0.1, -0.05) is 11.6 Å². The molecule has 0 bridgehead atoms. The molecule has 0 aliphatic rings. The van der Waals surface area contributed by atoms with Crippen molar-refractivity contribution < 1.29 is 14.9 Å². The number of benzene rings is 1. The third kappa shape index (κ3) is 3.49. The summed E-state index contributed by atoms with van der Waals surface area (Å²) in [7, 11) is 3.26. The quantitative estimate of drug-likeness (QED) is 0.580. The lowest BCUT2D eigenvalue weighted by atomic mass is 10.0. The number of nitrogen functional groups attached to an aromatic ring is 1. The van der Waals surface area contributed by atoms with E-state index in [2.05, 4.69) is 5.32 Å². The smallest absolute Gasteiger partial charge is 0.142 e. The van der Waals surface area contributed by atoms with Crippen LogP contribution in [0.1, 0.15) is 18.1 Å². The summed E-state index contributed by atoms with van der Waals surface area (Å²) >= 11 is 6.01. The van der Waals surface area contributed by atoms with Gasteiger partial charge < -0.3 is 26.0 Å². The molecule has 18 heavy (non-hydrogen) atoms. The Kier molecular flexibility index (Phi) is 5.68. The second kappa shape index (κ2) is 6.80. The molecule has 2 unspecified atom stereocenters. The van der Waals surface area contributed by atoms with Crippen molar-refractivity contribution in [3.8, 4) is 5.75 Å². The largest absolute Gasteiger partial charge is 0.495 e. The maximum Gasteiger partial charge on any atom is 0.142 e. The van der Waals surface area contributed by atoms with E-state index >= 15 is 0 Å². The number of aliphatic hydroxyl groups is 2. The van der Waals surface area contributed by atoms with Gasteiger partial charge in [0.1, 0.15) is 11.9 Å². The number of aliphatic hydroxyl groups excluding tert-OH is 2. The molecule has 1 rings (SSSR count). The first-order valence-corrected chi connectivity index (χ1v) is 6.02. The molecule has 0 fully saturated rings. The van der Waals surface area contributed by atoms with Gasteiger partial charge in [-0.05, 0) is 32.1 Å². The number of rotatable bonds is 6. The molecule has 0 saturated carbocycles. The van der Waals surface area contributed by atoms with Gasteiger partial charge in [0.25, 0.3) is 0 Å². The predicted octanol–water partition coefficient (Wildman–Crippen LogP) is 0.935. The molecule has 0 saturated heterocycles. The van der Waals surface area contributed by atoms with Crippen LogP contribution in [0.15, 0.2) is 12.1 Å². The number of nitrogens with two attached hydrogens (primary N) is 1. The van der Waals surface area contributed by atoms with Crippen LogP contribution in [-0.2, 0) is 0 Å². The van der Waals surface area contributed by atoms with Crippen molar-refractivity contribution in [2.75, 3.05) is 26.4 Å². The van der Waals surface area contributed by atoms with Crippen molar-refractivity contribution in [1.82, 2.24) is 5.32 Å². The number of halogens is 1. The molecule has 5 nitrogen and oxygen atoms in total. The molecule has 0 heterocycles. The average molecular weight is 275 g/mol. The fourth-order valence-corrected chi connectivity index (χ4v) is 1.93. The third-order valence-electron chi connectivity index (χ3n) is 2.72. The Hall–Kier alpha value is -1.01. The lowest BCUT2D eigenvalue weighted by Gasteiger charge is -2.20. The zero-order chi connectivity index (χ0) is 13.7. The molecular weight excluding hydrogens is 256 g/mol. The molecule has 0 aromatic heterocycles. The standard InChI is InChI=1S/C12H19ClN2O3/c1-15-4-3-10(16)12(17)7-5-11(18-2)9(14)6-8(7)13/h5-6,10,12,15-17H,3-4,14H2,1-2H3. The van der Waals surface area contributed by atoms with Gasteiger partial charge in [0, 0.05) is 10.6 Å². The van der Waals surface area contributed by atoms with E-state index in [4.69, 9.17) is 22.1 Å². The minimum absolute atomic E-state index is 0.310. The second-order valence-electron chi connectivity index (χ2n) is 4.02. The van der Waals surface area contributed by atoms with Crippen LogP contribution in [0.4, 0.5) is 5.69 Å². The van der Waals surface area contributed by atoms with E-state index in [0.717, 1.165) is 0 Å². The molecule has 0 spiro atoms. The van der Waals surface area contributed by atoms with Crippen LogP contribution in [0.2, 0.25) is 5.02 Å². The molecule has 102 valence electrons. The van der Waals surface area contributed by atoms with Gasteiger partial charge >= 0.3 is 0 Å². The van der Waals surface area contributed by atoms with Crippen molar-refractivity contribution in [3.05, 3.63) is 22.7 Å². The van der Waals surface area contributed by atoms with Crippen LogP contribution < -0.4 is 15.8 Å². The summed E-state index contributed by atoms with van der Waals surface area (Å²) in [6.07, 6.45) is -1.55. The second-order valence-corrected chi connectivity index (χ2v) is 4.43. The highest BCUT2D eigenvalue weighted by Gasteiger charge is 2.21. The normalized spacial score (nSPS) is 14.3. The Morgan fingerprint density at radius 1 is 1.44 bits per heavy atom. The SMILES string of the molecule is CNCCC(O)C(O)c1cc(OC)c(N)cc1Cl. The van der Waals surface area contributed by atoms with Crippen molar-refractivity contribution in [2.24, 2.45) is 0 Å². The monoisotopic (exact) mass is 274 g/mol. The molecule has 6 heteroatoms.